The van der Waals surface area contributed by atoms with Gasteiger partial charge in [-0.2, -0.15) is 0 Å². The maximum absolute atomic E-state index is 12.0. The molecule has 0 unspecified atom stereocenters. The van der Waals surface area contributed by atoms with E-state index in [0.717, 1.165) is 12.8 Å². The van der Waals surface area contributed by atoms with Crippen LogP contribution in [0.2, 0.25) is 0 Å². The SMILES string of the molecule is CCCCC(=O)Nc1ccc(C(=O)NCc2ccco2)cc1. The van der Waals surface area contributed by atoms with Gasteiger partial charge in [-0.25, -0.2) is 0 Å². The molecule has 1 aromatic carbocycles. The van der Waals surface area contributed by atoms with Gasteiger partial charge in [0.2, 0.25) is 5.91 Å². The van der Waals surface area contributed by atoms with E-state index >= 15 is 0 Å². The first-order chi connectivity index (χ1) is 10.7. The molecule has 0 saturated carbocycles. The number of rotatable bonds is 7. The van der Waals surface area contributed by atoms with Gasteiger partial charge in [-0.3, -0.25) is 9.59 Å². The molecule has 0 spiro atoms. The molecule has 0 aliphatic carbocycles. The number of amides is 2. The molecule has 5 heteroatoms. The van der Waals surface area contributed by atoms with E-state index in [1.54, 1.807) is 42.7 Å². The first-order valence-electron chi connectivity index (χ1n) is 7.39. The maximum atomic E-state index is 12.0. The van der Waals surface area contributed by atoms with E-state index in [4.69, 9.17) is 4.42 Å². The summed E-state index contributed by atoms with van der Waals surface area (Å²) in [5, 5.41) is 5.58. The van der Waals surface area contributed by atoms with Crippen molar-refractivity contribution in [2.24, 2.45) is 0 Å². The second-order valence-electron chi connectivity index (χ2n) is 4.99. The van der Waals surface area contributed by atoms with Gasteiger partial charge in [0.15, 0.2) is 0 Å². The van der Waals surface area contributed by atoms with E-state index < -0.39 is 0 Å². The lowest BCUT2D eigenvalue weighted by Gasteiger charge is -2.07. The number of furan rings is 1. The lowest BCUT2D eigenvalue weighted by Crippen LogP contribution is -2.22. The average molecular weight is 300 g/mol. The van der Waals surface area contributed by atoms with E-state index in [-0.39, 0.29) is 11.8 Å². The molecule has 0 aliphatic rings. The summed E-state index contributed by atoms with van der Waals surface area (Å²) in [6.07, 6.45) is 3.95. The predicted octanol–water partition coefficient (Wildman–Crippen LogP) is 3.34. The van der Waals surface area contributed by atoms with Crippen LogP contribution in [0.4, 0.5) is 5.69 Å². The Bertz CT molecular complexity index is 603. The Labute approximate surface area is 129 Å². The minimum atomic E-state index is -0.180. The van der Waals surface area contributed by atoms with Crippen molar-refractivity contribution in [1.82, 2.24) is 5.32 Å². The monoisotopic (exact) mass is 300 g/mol. The maximum Gasteiger partial charge on any atom is 0.251 e. The van der Waals surface area contributed by atoms with Crippen LogP contribution in [0.1, 0.15) is 42.3 Å². The van der Waals surface area contributed by atoms with Crippen molar-refractivity contribution in [3.05, 3.63) is 54.0 Å². The molecule has 2 aromatic rings. The Morgan fingerprint density at radius 1 is 1.14 bits per heavy atom. The summed E-state index contributed by atoms with van der Waals surface area (Å²) in [5.74, 6) is 0.519. The van der Waals surface area contributed by atoms with E-state index in [0.29, 0.717) is 30.0 Å². The van der Waals surface area contributed by atoms with Crippen molar-refractivity contribution in [2.45, 2.75) is 32.7 Å². The fraction of sp³-hybridized carbons (Fsp3) is 0.294. The van der Waals surface area contributed by atoms with Crippen molar-refractivity contribution >= 4 is 17.5 Å². The Morgan fingerprint density at radius 3 is 2.55 bits per heavy atom. The molecule has 0 bridgehead atoms. The van der Waals surface area contributed by atoms with Crippen molar-refractivity contribution in [1.29, 1.82) is 0 Å². The van der Waals surface area contributed by atoms with Gasteiger partial charge in [0.25, 0.3) is 5.91 Å². The second kappa shape index (κ2) is 8.02. The summed E-state index contributed by atoms with van der Waals surface area (Å²) in [7, 11) is 0. The van der Waals surface area contributed by atoms with E-state index in [9.17, 15) is 9.59 Å². The van der Waals surface area contributed by atoms with Crippen LogP contribution >= 0.6 is 0 Å². The van der Waals surface area contributed by atoms with Gasteiger partial charge in [0.05, 0.1) is 12.8 Å². The Balaban J connectivity index is 1.85. The van der Waals surface area contributed by atoms with E-state index in [2.05, 4.69) is 10.6 Å². The first kappa shape index (κ1) is 15.8. The Morgan fingerprint density at radius 2 is 1.91 bits per heavy atom. The van der Waals surface area contributed by atoms with Crippen LogP contribution in [-0.2, 0) is 11.3 Å². The average Bonchev–Trinajstić information content (AvgIpc) is 3.05. The molecular weight excluding hydrogens is 280 g/mol. The molecule has 1 heterocycles. The van der Waals surface area contributed by atoms with Crippen LogP contribution in [0.15, 0.2) is 47.1 Å². The van der Waals surface area contributed by atoms with Crippen LogP contribution in [-0.4, -0.2) is 11.8 Å². The summed E-state index contributed by atoms with van der Waals surface area (Å²) in [4.78, 5) is 23.6. The lowest BCUT2D eigenvalue weighted by atomic mass is 10.2. The fourth-order valence-electron chi connectivity index (χ4n) is 1.95. The van der Waals surface area contributed by atoms with Crippen molar-refractivity contribution < 1.29 is 14.0 Å². The standard InChI is InChI=1S/C17H20N2O3/c1-2-3-6-16(20)19-14-9-7-13(8-10-14)17(21)18-12-15-5-4-11-22-15/h4-5,7-11H,2-3,6,12H2,1H3,(H,18,21)(H,19,20). The van der Waals surface area contributed by atoms with Gasteiger partial charge in [-0.15, -0.1) is 0 Å². The Hall–Kier alpha value is -2.56. The molecule has 2 amide bonds. The first-order valence-corrected chi connectivity index (χ1v) is 7.39. The molecule has 2 rings (SSSR count). The number of hydrogen-bond donors (Lipinski definition) is 2. The molecule has 1 aromatic heterocycles. The minimum Gasteiger partial charge on any atom is -0.467 e. The zero-order valence-electron chi connectivity index (χ0n) is 12.6. The normalized spacial score (nSPS) is 10.2. The van der Waals surface area contributed by atoms with Gasteiger partial charge < -0.3 is 15.1 Å². The van der Waals surface area contributed by atoms with Crippen LogP contribution in [0.5, 0.6) is 0 Å². The van der Waals surface area contributed by atoms with Gasteiger partial charge >= 0.3 is 0 Å². The van der Waals surface area contributed by atoms with Crippen LogP contribution in [0.25, 0.3) is 0 Å². The quantitative estimate of drug-likeness (QED) is 0.823. The third-order valence-electron chi connectivity index (χ3n) is 3.19. The molecule has 0 saturated heterocycles. The number of benzene rings is 1. The Kier molecular flexibility index (Phi) is 5.77. The number of hydrogen-bond acceptors (Lipinski definition) is 3. The molecule has 116 valence electrons. The zero-order valence-corrected chi connectivity index (χ0v) is 12.6. The third kappa shape index (κ3) is 4.77. The lowest BCUT2D eigenvalue weighted by molar-refractivity contribution is -0.116. The van der Waals surface area contributed by atoms with Crippen LogP contribution < -0.4 is 10.6 Å². The minimum absolute atomic E-state index is 0.00290. The summed E-state index contributed by atoms with van der Waals surface area (Å²) >= 11 is 0. The van der Waals surface area contributed by atoms with Gasteiger partial charge in [-0.05, 0) is 42.8 Å². The largest absolute Gasteiger partial charge is 0.467 e. The number of anilines is 1. The molecule has 0 aliphatic heterocycles. The molecular formula is C17H20N2O3. The van der Waals surface area contributed by atoms with Crippen molar-refractivity contribution in [3.63, 3.8) is 0 Å². The topological polar surface area (TPSA) is 71.3 Å². The second-order valence-corrected chi connectivity index (χ2v) is 4.99. The highest BCUT2D eigenvalue weighted by molar-refractivity contribution is 5.95. The number of carbonyl (C=O) groups is 2. The van der Waals surface area contributed by atoms with Crippen molar-refractivity contribution in [2.75, 3.05) is 5.32 Å². The molecule has 22 heavy (non-hydrogen) atoms. The third-order valence-corrected chi connectivity index (χ3v) is 3.19. The van der Waals surface area contributed by atoms with E-state index in [1.807, 2.05) is 6.92 Å². The predicted molar refractivity (Wildman–Crippen MR) is 84.5 cm³/mol. The summed E-state index contributed by atoms with van der Waals surface area (Å²) in [6, 6.07) is 10.4. The van der Waals surface area contributed by atoms with Crippen LogP contribution in [0, 0.1) is 0 Å². The molecule has 5 nitrogen and oxygen atoms in total. The van der Waals surface area contributed by atoms with Gasteiger partial charge in [0, 0.05) is 17.7 Å². The highest BCUT2D eigenvalue weighted by Gasteiger charge is 2.07. The summed E-state index contributed by atoms with van der Waals surface area (Å²) < 4.78 is 5.15. The fourth-order valence-corrected chi connectivity index (χ4v) is 1.95. The van der Waals surface area contributed by atoms with Gasteiger partial charge in [0.1, 0.15) is 5.76 Å². The highest BCUT2D eigenvalue weighted by atomic mass is 16.3. The smallest absolute Gasteiger partial charge is 0.251 e. The zero-order chi connectivity index (χ0) is 15.8. The van der Waals surface area contributed by atoms with E-state index in [1.165, 1.54) is 0 Å². The van der Waals surface area contributed by atoms with Crippen molar-refractivity contribution in [3.8, 4) is 0 Å². The number of nitrogens with one attached hydrogen (secondary N) is 2. The molecule has 0 fully saturated rings. The number of carbonyl (C=O) groups excluding carboxylic acids is 2. The van der Waals surface area contributed by atoms with Crippen LogP contribution in [0.3, 0.4) is 0 Å². The molecule has 0 atom stereocenters. The number of unbranched alkanes of at least 4 members (excludes halogenated alkanes) is 1. The van der Waals surface area contributed by atoms with Gasteiger partial charge in [-0.1, -0.05) is 13.3 Å². The molecule has 0 radical (unpaired) electrons. The summed E-state index contributed by atoms with van der Waals surface area (Å²) in [6.45, 7) is 2.39. The highest BCUT2D eigenvalue weighted by Crippen LogP contribution is 2.11. The molecule has 2 N–H and O–H groups in total. The summed E-state index contributed by atoms with van der Waals surface area (Å²) in [5.41, 5.74) is 1.24.